The number of anilines is 1. The number of carboxylic acid groups (broad SMARTS) is 1. The van der Waals surface area contributed by atoms with Crippen molar-refractivity contribution >= 4 is 23.4 Å². The van der Waals surface area contributed by atoms with Gasteiger partial charge >= 0.3 is 11.9 Å². The van der Waals surface area contributed by atoms with Crippen molar-refractivity contribution in [2.75, 3.05) is 25.1 Å². The van der Waals surface area contributed by atoms with E-state index in [0.717, 1.165) is 6.08 Å². The molecule has 0 aromatic heterocycles. The van der Waals surface area contributed by atoms with Crippen molar-refractivity contribution in [2.45, 2.75) is 58.2 Å². The molecule has 1 aromatic rings. The second-order valence-corrected chi connectivity index (χ2v) is 7.74. The van der Waals surface area contributed by atoms with Crippen LogP contribution in [-0.2, 0) is 19.1 Å². The lowest BCUT2D eigenvalue weighted by Crippen LogP contribution is -2.40. The topological polar surface area (TPSA) is 93.1 Å². The summed E-state index contributed by atoms with van der Waals surface area (Å²) < 4.78 is 11.4. The summed E-state index contributed by atoms with van der Waals surface area (Å²) >= 11 is 0. The van der Waals surface area contributed by atoms with Gasteiger partial charge < -0.3 is 19.5 Å². The predicted octanol–water partition coefficient (Wildman–Crippen LogP) is 3.86. The number of ketones is 1. The molecule has 1 rings (SSSR count). The van der Waals surface area contributed by atoms with Crippen LogP contribution in [0.3, 0.4) is 0 Å². The van der Waals surface area contributed by atoms with Crippen molar-refractivity contribution in [1.82, 2.24) is 0 Å². The van der Waals surface area contributed by atoms with Crippen LogP contribution in [-0.4, -0.2) is 54.2 Å². The summed E-state index contributed by atoms with van der Waals surface area (Å²) in [7, 11) is 1.67. The van der Waals surface area contributed by atoms with Crippen LogP contribution in [0.25, 0.3) is 0 Å². The number of aliphatic carboxylic acids is 1. The lowest BCUT2D eigenvalue weighted by molar-refractivity contribution is -0.155. The highest BCUT2D eigenvalue weighted by Crippen LogP contribution is 2.26. The zero-order valence-electron chi connectivity index (χ0n) is 18.6. The largest absolute Gasteiger partial charge is 0.480 e. The molecule has 2 unspecified atom stereocenters. The molecule has 0 spiro atoms. The molecule has 0 aliphatic carbocycles. The van der Waals surface area contributed by atoms with Crippen molar-refractivity contribution in [2.24, 2.45) is 0 Å². The Morgan fingerprint density at radius 1 is 1.13 bits per heavy atom. The lowest BCUT2D eigenvalue weighted by Gasteiger charge is -2.32. The number of rotatable bonds is 13. The van der Waals surface area contributed by atoms with E-state index >= 15 is 0 Å². The smallest absolute Gasteiger partial charge is 0.330 e. The molecule has 2 atom stereocenters. The first-order valence-corrected chi connectivity index (χ1v) is 10.1. The molecule has 0 fully saturated rings. The van der Waals surface area contributed by atoms with Crippen LogP contribution in [0.4, 0.5) is 5.69 Å². The van der Waals surface area contributed by atoms with E-state index in [1.54, 1.807) is 43.1 Å². The van der Waals surface area contributed by atoms with Crippen LogP contribution in [0.1, 0.15) is 57.3 Å². The molecule has 0 saturated heterocycles. The number of Topliss-reactive ketones (excluding diaryl/α,β-unsaturated/α-hetero) is 1. The number of esters is 1. The van der Waals surface area contributed by atoms with Gasteiger partial charge in [0, 0.05) is 30.8 Å². The Hall–Kier alpha value is -2.67. The molecule has 7 heteroatoms. The van der Waals surface area contributed by atoms with Crippen LogP contribution in [0.15, 0.2) is 36.9 Å². The zero-order valence-corrected chi connectivity index (χ0v) is 18.6. The van der Waals surface area contributed by atoms with Gasteiger partial charge in [0.05, 0.1) is 6.61 Å². The lowest BCUT2D eigenvalue weighted by atomic mass is 9.91. The number of hydrogen-bond donors (Lipinski definition) is 1. The molecule has 0 aliphatic rings. The summed E-state index contributed by atoms with van der Waals surface area (Å²) in [6.45, 7) is 10.9. The van der Waals surface area contributed by atoms with Gasteiger partial charge in [0.2, 0.25) is 0 Å². The van der Waals surface area contributed by atoms with Crippen molar-refractivity contribution in [3.05, 3.63) is 42.5 Å². The van der Waals surface area contributed by atoms with Crippen LogP contribution in [0, 0.1) is 0 Å². The Balaban J connectivity index is 2.83. The van der Waals surface area contributed by atoms with Crippen molar-refractivity contribution in [3.63, 3.8) is 0 Å². The molecular weight excluding hydrogens is 386 g/mol. The number of nitrogens with zero attached hydrogens (tertiary/aromatic N) is 1. The molecule has 0 bridgehead atoms. The second kappa shape index (κ2) is 10.9. The number of benzene rings is 1. The van der Waals surface area contributed by atoms with E-state index in [4.69, 9.17) is 14.6 Å². The Labute approximate surface area is 178 Å². The normalized spacial score (nSPS) is 14.8. The summed E-state index contributed by atoms with van der Waals surface area (Å²) in [4.78, 5) is 37.1. The van der Waals surface area contributed by atoms with Gasteiger partial charge in [-0.05, 0) is 51.0 Å². The molecule has 0 heterocycles. The number of carboxylic acids is 1. The molecule has 0 amide bonds. The van der Waals surface area contributed by atoms with Gasteiger partial charge in [-0.1, -0.05) is 20.4 Å². The van der Waals surface area contributed by atoms with Gasteiger partial charge in [-0.3, -0.25) is 9.59 Å². The standard InChI is InChI=1S/C23H33NO6/c1-7-20(27)30-22(4,8-2)14-15-29-23(5,9-3)21(28)17-10-12-18(13-11-17)24(6)16-19(25)26/h7,10-13H,1,8-9,14-16H2,2-6H3,(H,25,26). The second-order valence-electron chi connectivity index (χ2n) is 7.74. The fourth-order valence-electron chi connectivity index (χ4n) is 2.87. The SMILES string of the molecule is C=CC(=O)OC(C)(CC)CCOC(C)(CC)C(=O)c1ccc(N(C)CC(=O)O)cc1. The maximum absolute atomic E-state index is 13.1. The van der Waals surface area contributed by atoms with Crippen LogP contribution in [0.5, 0.6) is 0 Å². The highest BCUT2D eigenvalue weighted by atomic mass is 16.6. The summed E-state index contributed by atoms with van der Waals surface area (Å²) in [6.07, 6.45) is 2.66. The van der Waals surface area contributed by atoms with Gasteiger partial charge in [-0.15, -0.1) is 0 Å². The van der Waals surface area contributed by atoms with Crippen molar-refractivity contribution < 1.29 is 29.0 Å². The third kappa shape index (κ3) is 6.99. The average Bonchev–Trinajstić information content (AvgIpc) is 2.72. The highest BCUT2D eigenvalue weighted by Gasteiger charge is 2.34. The number of hydrogen-bond acceptors (Lipinski definition) is 6. The van der Waals surface area contributed by atoms with Gasteiger partial charge in [-0.2, -0.15) is 0 Å². The number of likely N-dealkylation sites (N-methyl/N-ethyl adjacent to an activating group) is 1. The Morgan fingerprint density at radius 2 is 1.73 bits per heavy atom. The molecule has 166 valence electrons. The van der Waals surface area contributed by atoms with E-state index in [2.05, 4.69) is 6.58 Å². The monoisotopic (exact) mass is 419 g/mol. The first-order chi connectivity index (χ1) is 14.0. The third-order valence-corrected chi connectivity index (χ3v) is 5.41. The minimum Gasteiger partial charge on any atom is -0.480 e. The van der Waals surface area contributed by atoms with E-state index < -0.39 is 23.1 Å². The van der Waals surface area contributed by atoms with Gasteiger partial charge in [0.15, 0.2) is 5.78 Å². The third-order valence-electron chi connectivity index (χ3n) is 5.41. The van der Waals surface area contributed by atoms with Crippen LogP contribution >= 0.6 is 0 Å². The van der Waals surface area contributed by atoms with Crippen molar-refractivity contribution in [1.29, 1.82) is 0 Å². The summed E-state index contributed by atoms with van der Waals surface area (Å²) in [6, 6.07) is 6.79. The van der Waals surface area contributed by atoms with E-state index in [9.17, 15) is 14.4 Å². The first-order valence-electron chi connectivity index (χ1n) is 10.1. The molecule has 30 heavy (non-hydrogen) atoms. The van der Waals surface area contributed by atoms with E-state index in [0.29, 0.717) is 30.5 Å². The number of carbonyl (C=O) groups excluding carboxylic acids is 2. The Kier molecular flexibility index (Phi) is 9.23. The maximum Gasteiger partial charge on any atom is 0.330 e. The quantitative estimate of drug-likeness (QED) is 0.295. The molecule has 1 N–H and O–H groups in total. The first kappa shape index (κ1) is 25.4. The predicted molar refractivity (Wildman–Crippen MR) is 116 cm³/mol. The summed E-state index contributed by atoms with van der Waals surface area (Å²) in [5, 5.41) is 8.90. The highest BCUT2D eigenvalue weighted by molar-refractivity contribution is 6.02. The fourth-order valence-corrected chi connectivity index (χ4v) is 2.87. The van der Waals surface area contributed by atoms with Gasteiger partial charge in [-0.25, -0.2) is 4.79 Å². The minimum absolute atomic E-state index is 0.129. The zero-order chi connectivity index (χ0) is 22.9. The van der Waals surface area contributed by atoms with E-state index in [-0.39, 0.29) is 18.9 Å². The van der Waals surface area contributed by atoms with E-state index in [1.807, 2.05) is 20.8 Å². The number of ether oxygens (including phenoxy) is 2. The number of carbonyl (C=O) groups is 3. The van der Waals surface area contributed by atoms with Crippen molar-refractivity contribution in [3.8, 4) is 0 Å². The summed E-state index contributed by atoms with van der Waals surface area (Å²) in [5.74, 6) is -1.57. The Bertz CT molecular complexity index is 759. The van der Waals surface area contributed by atoms with Crippen LogP contribution in [0.2, 0.25) is 0 Å². The van der Waals surface area contributed by atoms with E-state index in [1.165, 1.54) is 0 Å². The molecule has 7 nitrogen and oxygen atoms in total. The minimum atomic E-state index is -1.02. The Morgan fingerprint density at radius 3 is 2.20 bits per heavy atom. The molecule has 1 aromatic carbocycles. The molecule has 0 aliphatic heterocycles. The molecular formula is C23H33NO6. The maximum atomic E-state index is 13.1. The van der Waals surface area contributed by atoms with Crippen LogP contribution < -0.4 is 4.90 Å². The van der Waals surface area contributed by atoms with Gasteiger partial charge in [0.25, 0.3) is 0 Å². The fraction of sp³-hybridized carbons (Fsp3) is 0.522. The molecule has 0 saturated carbocycles. The summed E-state index contributed by atoms with van der Waals surface area (Å²) in [5.41, 5.74) is -0.524. The average molecular weight is 420 g/mol. The van der Waals surface area contributed by atoms with Gasteiger partial charge in [0.1, 0.15) is 17.7 Å². The molecule has 0 radical (unpaired) electrons.